The number of nitrogens with zero attached hydrogens (tertiary/aromatic N) is 7. The zero-order valence-corrected chi connectivity index (χ0v) is 27.7. The van der Waals surface area contributed by atoms with Gasteiger partial charge in [0, 0.05) is 38.8 Å². The molecule has 2 atom stereocenters. The average Bonchev–Trinajstić information content (AvgIpc) is 3.35. The number of ether oxygens (including phenoxy) is 2. The van der Waals surface area contributed by atoms with E-state index in [9.17, 15) is 24.0 Å². The van der Waals surface area contributed by atoms with Crippen LogP contribution in [0.25, 0.3) is 11.0 Å². The summed E-state index contributed by atoms with van der Waals surface area (Å²) in [5, 5.41) is 9.26. The van der Waals surface area contributed by atoms with Crippen molar-refractivity contribution in [2.75, 3.05) is 23.4 Å². The zero-order chi connectivity index (χ0) is 35.9. The second kappa shape index (κ2) is 15.5. The number of imidazole rings is 1. The minimum absolute atomic E-state index is 0.0471. The van der Waals surface area contributed by atoms with Gasteiger partial charge in [-0.1, -0.05) is 26.8 Å². The molecule has 2 heterocycles. The molecule has 0 radical (unpaired) electrons. The minimum atomic E-state index is -1.34. The van der Waals surface area contributed by atoms with E-state index in [1.165, 1.54) is 27.2 Å². The van der Waals surface area contributed by atoms with Gasteiger partial charge >= 0.3 is 12.1 Å². The summed E-state index contributed by atoms with van der Waals surface area (Å²) in [6.45, 7) is 6.87. The largest absolute Gasteiger partial charge is 0.460 e. The van der Waals surface area contributed by atoms with Gasteiger partial charge in [0.05, 0.1) is 5.56 Å². The molecule has 6 N–H and O–H groups in total. The first-order chi connectivity index (χ1) is 22.5. The summed E-state index contributed by atoms with van der Waals surface area (Å²) in [7, 11) is 2.71. The van der Waals surface area contributed by atoms with Crippen molar-refractivity contribution in [3.8, 4) is 6.07 Å². The van der Waals surface area contributed by atoms with Crippen molar-refractivity contribution in [3.63, 3.8) is 0 Å². The molecule has 1 unspecified atom stereocenters. The Kier molecular flexibility index (Phi) is 12.0. The van der Waals surface area contributed by atoms with Crippen molar-refractivity contribution in [1.82, 2.24) is 14.5 Å². The van der Waals surface area contributed by atoms with E-state index in [4.69, 9.17) is 26.7 Å². The van der Waals surface area contributed by atoms with Gasteiger partial charge in [-0.05, 0) is 37.3 Å². The first kappa shape index (κ1) is 37.1. The van der Waals surface area contributed by atoms with Gasteiger partial charge in [-0.25, -0.2) is 28.4 Å². The van der Waals surface area contributed by atoms with Crippen LogP contribution in [0.5, 0.6) is 0 Å². The number of esters is 1. The Labute approximate surface area is 276 Å². The Morgan fingerprint density at radius 1 is 1.23 bits per heavy atom. The number of nitriles is 1. The van der Waals surface area contributed by atoms with Crippen molar-refractivity contribution in [1.29, 1.82) is 5.26 Å². The second-order valence-electron chi connectivity index (χ2n) is 12.2. The number of carbonyl (C=O) groups is 3. The lowest BCUT2D eigenvalue weighted by atomic mass is 9.91. The van der Waals surface area contributed by atoms with Crippen LogP contribution in [0.3, 0.4) is 0 Å². The number of fused-ring (bicyclic) bond motifs is 1. The lowest BCUT2D eigenvalue weighted by Crippen LogP contribution is -2.46. The molecular weight excluding hydrogens is 630 g/mol. The fourth-order valence-electron chi connectivity index (χ4n) is 4.71. The van der Waals surface area contributed by atoms with Crippen LogP contribution in [-0.2, 0) is 32.7 Å². The lowest BCUT2D eigenvalue weighted by Gasteiger charge is -2.31. The Hall–Kier alpha value is -5.37. The van der Waals surface area contributed by atoms with E-state index in [2.05, 4.69) is 15.0 Å². The molecule has 258 valence electrons. The molecule has 0 aliphatic carbocycles. The van der Waals surface area contributed by atoms with Gasteiger partial charge in [-0.15, -0.1) is 0 Å². The topological polar surface area (TPSA) is 221 Å². The maximum absolute atomic E-state index is 15.2. The van der Waals surface area contributed by atoms with Crippen molar-refractivity contribution < 1.29 is 32.6 Å². The van der Waals surface area contributed by atoms with Crippen LogP contribution in [0.2, 0.25) is 0 Å². The molecule has 0 bridgehead atoms. The number of hydrogen-bond acceptors (Lipinski definition) is 10. The molecule has 3 rings (SSSR count). The SMILES string of the molecule is CC(OC(=O)N(C)c1ncccc1COC(=O)[C@@H](N)CCCN=C(N)N)N(C(=O)CC(C)(C)C)c1nc2c(F)cc(C#N)c(F)c2n1C. The number of aliphatic imine (C=N–C) groups is 1. The molecule has 0 saturated carbocycles. The number of hydrogen-bond donors (Lipinski definition) is 3. The summed E-state index contributed by atoms with van der Waals surface area (Å²) in [5.74, 6) is -3.40. The van der Waals surface area contributed by atoms with Crippen LogP contribution < -0.4 is 27.0 Å². The molecular formula is C31H40F2N10O5. The molecule has 0 saturated heterocycles. The van der Waals surface area contributed by atoms with Gasteiger partial charge in [-0.2, -0.15) is 5.26 Å². The number of aromatic nitrogens is 3. The molecule has 2 aromatic heterocycles. The highest BCUT2D eigenvalue weighted by molar-refractivity contribution is 5.95. The van der Waals surface area contributed by atoms with Crippen LogP contribution in [-0.4, -0.2) is 64.3 Å². The number of rotatable bonds is 12. The third-order valence-corrected chi connectivity index (χ3v) is 7.03. The van der Waals surface area contributed by atoms with Crippen LogP contribution in [0.4, 0.5) is 25.3 Å². The van der Waals surface area contributed by atoms with E-state index in [0.717, 1.165) is 20.4 Å². The molecule has 48 heavy (non-hydrogen) atoms. The second-order valence-corrected chi connectivity index (χ2v) is 12.2. The summed E-state index contributed by atoms with van der Waals surface area (Å²) in [5.41, 5.74) is 15.0. The molecule has 2 amide bonds. The van der Waals surface area contributed by atoms with E-state index in [1.54, 1.807) is 18.2 Å². The Bertz CT molecular complexity index is 1740. The standard InChI is InChI=1S/C31H40F2N10O5/c1-17(43(22(44)14-31(2,3)4)29-40-24-20(32)13-19(15-34)23(33)25(24)41(29)5)48-30(46)42(6)26-18(9-7-11-38-26)16-47-27(45)21(35)10-8-12-39-28(36)37/h7,9,11,13,17,21H,8,10,12,14,16,35H2,1-6H3,(H4,36,37,39)/t17?,21-/m0/s1. The first-order valence-corrected chi connectivity index (χ1v) is 14.9. The Morgan fingerprint density at radius 3 is 2.54 bits per heavy atom. The monoisotopic (exact) mass is 670 g/mol. The third kappa shape index (κ3) is 8.91. The van der Waals surface area contributed by atoms with E-state index in [-0.39, 0.29) is 42.7 Å². The lowest BCUT2D eigenvalue weighted by molar-refractivity contribution is -0.146. The normalized spacial score (nSPS) is 12.5. The number of nitrogens with two attached hydrogens (primary N) is 3. The Morgan fingerprint density at radius 2 is 1.92 bits per heavy atom. The number of amides is 2. The number of aryl methyl sites for hydroxylation is 1. The maximum Gasteiger partial charge on any atom is 0.417 e. The predicted octanol–water partition coefficient (Wildman–Crippen LogP) is 2.93. The van der Waals surface area contributed by atoms with Crippen molar-refractivity contribution in [2.45, 2.75) is 65.8 Å². The highest BCUT2D eigenvalue weighted by Gasteiger charge is 2.34. The van der Waals surface area contributed by atoms with Crippen LogP contribution in [0, 0.1) is 28.4 Å². The van der Waals surface area contributed by atoms with Crippen molar-refractivity contribution in [2.24, 2.45) is 34.7 Å². The van der Waals surface area contributed by atoms with Crippen molar-refractivity contribution >= 4 is 46.7 Å². The van der Waals surface area contributed by atoms with Crippen LogP contribution >= 0.6 is 0 Å². The van der Waals surface area contributed by atoms with Crippen LogP contribution in [0.15, 0.2) is 29.4 Å². The quantitative estimate of drug-likeness (QED) is 0.0836. The summed E-state index contributed by atoms with van der Waals surface area (Å²) in [4.78, 5) is 53.9. The Balaban J connectivity index is 1.85. The van der Waals surface area contributed by atoms with Gasteiger partial charge in [0.15, 0.2) is 23.8 Å². The summed E-state index contributed by atoms with van der Waals surface area (Å²) >= 11 is 0. The molecule has 0 fully saturated rings. The molecule has 17 heteroatoms. The molecule has 0 spiro atoms. The van der Waals surface area contributed by atoms with Crippen LogP contribution in [0.1, 0.15) is 58.1 Å². The maximum atomic E-state index is 15.2. The van der Waals surface area contributed by atoms with Crippen molar-refractivity contribution in [3.05, 3.63) is 47.2 Å². The molecule has 15 nitrogen and oxygen atoms in total. The minimum Gasteiger partial charge on any atom is -0.460 e. The summed E-state index contributed by atoms with van der Waals surface area (Å²) < 4.78 is 42.2. The van der Waals surface area contributed by atoms with Gasteiger partial charge in [0.2, 0.25) is 11.9 Å². The molecule has 1 aromatic carbocycles. The fraction of sp³-hybridized carbons (Fsp3) is 0.452. The molecule has 3 aromatic rings. The van der Waals surface area contributed by atoms with E-state index in [1.807, 2.05) is 20.8 Å². The number of halogens is 2. The third-order valence-electron chi connectivity index (χ3n) is 7.03. The summed E-state index contributed by atoms with van der Waals surface area (Å²) in [6.07, 6.45) is -0.202. The van der Waals surface area contributed by atoms with E-state index >= 15 is 4.39 Å². The molecule has 0 aliphatic heterocycles. The van der Waals surface area contributed by atoms with Gasteiger partial charge in [-0.3, -0.25) is 19.5 Å². The molecule has 0 aliphatic rings. The van der Waals surface area contributed by atoms with E-state index in [0.29, 0.717) is 18.5 Å². The average molecular weight is 671 g/mol. The van der Waals surface area contributed by atoms with Gasteiger partial charge in [0.25, 0.3) is 0 Å². The van der Waals surface area contributed by atoms with E-state index < -0.39 is 58.4 Å². The summed E-state index contributed by atoms with van der Waals surface area (Å²) in [6, 6.07) is 4.56. The smallest absolute Gasteiger partial charge is 0.417 e. The number of carbonyl (C=O) groups excluding carboxylic acids is 3. The number of pyridine rings is 1. The van der Waals surface area contributed by atoms with Gasteiger partial charge < -0.3 is 31.2 Å². The number of benzene rings is 1. The first-order valence-electron chi connectivity index (χ1n) is 14.9. The highest BCUT2D eigenvalue weighted by Crippen LogP contribution is 2.31. The van der Waals surface area contributed by atoms with Gasteiger partial charge in [0.1, 0.15) is 35.6 Å². The number of guanidine groups is 1. The highest BCUT2D eigenvalue weighted by atomic mass is 19.1. The number of anilines is 2. The zero-order valence-electron chi connectivity index (χ0n) is 27.7. The fourth-order valence-corrected chi connectivity index (χ4v) is 4.71. The predicted molar refractivity (Wildman–Crippen MR) is 173 cm³/mol.